The molecule has 0 atom stereocenters. The number of rotatable bonds is 16. The maximum atomic E-state index is 12.7. The Hall–Kier alpha value is -4.82. The molecule has 2 aromatic carbocycles. The molecular formula is C34H47N7O7. The van der Waals surface area contributed by atoms with Crippen molar-refractivity contribution in [1.29, 1.82) is 0 Å². The minimum atomic E-state index is -1.27. The summed E-state index contributed by atoms with van der Waals surface area (Å²) in [5.41, 5.74) is 1.50. The van der Waals surface area contributed by atoms with Gasteiger partial charge in [0.05, 0.1) is 40.0 Å². The van der Waals surface area contributed by atoms with E-state index in [4.69, 9.17) is 18.9 Å². The van der Waals surface area contributed by atoms with E-state index in [-0.39, 0.29) is 35.5 Å². The maximum Gasteiger partial charge on any atom is 0.417 e. The average molecular weight is 666 g/mol. The molecule has 0 aliphatic carbocycles. The first kappa shape index (κ1) is 36.0. The van der Waals surface area contributed by atoms with Crippen molar-refractivity contribution in [2.24, 2.45) is 0 Å². The smallest absolute Gasteiger partial charge is 0.417 e. The molecule has 2 N–H and O–H groups in total. The van der Waals surface area contributed by atoms with Gasteiger partial charge in [0.25, 0.3) is 0 Å². The fourth-order valence-electron chi connectivity index (χ4n) is 5.52. The number of piperazine rings is 1. The summed E-state index contributed by atoms with van der Waals surface area (Å²) in [6.45, 7) is 10.7. The van der Waals surface area contributed by atoms with Crippen LogP contribution in [0.2, 0.25) is 0 Å². The summed E-state index contributed by atoms with van der Waals surface area (Å²) >= 11 is 0. The van der Waals surface area contributed by atoms with Gasteiger partial charge in [-0.15, -0.1) is 0 Å². The Labute approximate surface area is 282 Å². The number of carbonyl (C=O) groups is 2. The molecule has 1 fully saturated rings. The number of methoxy groups -OCH3 is 3. The highest BCUT2D eigenvalue weighted by molar-refractivity contribution is 5.95. The molecule has 4 rings (SSSR count). The van der Waals surface area contributed by atoms with Gasteiger partial charge in [0, 0.05) is 75.9 Å². The van der Waals surface area contributed by atoms with Crippen LogP contribution in [0.5, 0.6) is 23.0 Å². The Kier molecular flexibility index (Phi) is 13.0. The minimum Gasteiger partial charge on any atom is -0.495 e. The lowest BCUT2D eigenvalue weighted by molar-refractivity contribution is -0.130. The van der Waals surface area contributed by atoms with Crippen LogP contribution in [0.25, 0.3) is 0 Å². The molecule has 2 amide bonds. The molecule has 1 aromatic heterocycles. The average Bonchev–Trinajstić information content (AvgIpc) is 3.08. The van der Waals surface area contributed by atoms with Gasteiger partial charge in [0.2, 0.25) is 17.6 Å². The van der Waals surface area contributed by atoms with Crippen LogP contribution in [0.4, 0.5) is 27.9 Å². The van der Waals surface area contributed by atoms with Crippen LogP contribution in [-0.2, 0) is 11.2 Å². The van der Waals surface area contributed by atoms with E-state index in [9.17, 15) is 14.7 Å². The molecule has 260 valence electrons. The van der Waals surface area contributed by atoms with Crippen molar-refractivity contribution >= 4 is 35.1 Å². The van der Waals surface area contributed by atoms with Gasteiger partial charge in [0.15, 0.2) is 11.5 Å². The number of nitrogens with zero attached hydrogens (tertiary/aromatic N) is 6. The zero-order valence-corrected chi connectivity index (χ0v) is 28.7. The van der Waals surface area contributed by atoms with E-state index in [1.165, 1.54) is 19.4 Å². The summed E-state index contributed by atoms with van der Waals surface area (Å²) in [6.07, 6.45) is 1.20. The summed E-state index contributed by atoms with van der Waals surface area (Å²) in [7, 11) is 6.68. The second kappa shape index (κ2) is 17.4. The van der Waals surface area contributed by atoms with Gasteiger partial charge < -0.3 is 44.1 Å². The van der Waals surface area contributed by atoms with E-state index < -0.39 is 6.09 Å². The van der Waals surface area contributed by atoms with Gasteiger partial charge in [-0.25, -0.2) is 14.7 Å². The molecule has 0 saturated carbocycles. The van der Waals surface area contributed by atoms with Crippen LogP contribution < -0.4 is 29.2 Å². The lowest BCUT2D eigenvalue weighted by Gasteiger charge is -2.32. The number of hydrogen-bond donors (Lipinski definition) is 2. The monoisotopic (exact) mass is 665 g/mol. The third-order valence-electron chi connectivity index (χ3n) is 8.19. The molecule has 0 spiro atoms. The molecule has 14 heteroatoms. The van der Waals surface area contributed by atoms with Gasteiger partial charge in [-0.2, -0.15) is 4.98 Å². The first-order chi connectivity index (χ1) is 23.2. The lowest BCUT2D eigenvalue weighted by atomic mass is 10.1. The fraction of sp³-hybridized carbons (Fsp3) is 0.471. The van der Waals surface area contributed by atoms with Gasteiger partial charge in [-0.05, 0) is 45.0 Å². The van der Waals surface area contributed by atoms with Crippen LogP contribution >= 0.6 is 0 Å². The van der Waals surface area contributed by atoms with Crippen molar-refractivity contribution in [2.45, 2.75) is 26.7 Å². The zero-order valence-electron chi connectivity index (χ0n) is 28.7. The molecular weight excluding hydrogens is 618 g/mol. The van der Waals surface area contributed by atoms with Gasteiger partial charge in [-0.1, -0.05) is 6.07 Å². The summed E-state index contributed by atoms with van der Waals surface area (Å²) < 4.78 is 22.9. The van der Waals surface area contributed by atoms with Crippen LogP contribution in [0.3, 0.4) is 0 Å². The predicted molar refractivity (Wildman–Crippen MR) is 184 cm³/mol. The van der Waals surface area contributed by atoms with E-state index in [1.807, 2.05) is 13.8 Å². The number of amides is 2. The molecule has 1 aliphatic heterocycles. The summed E-state index contributed by atoms with van der Waals surface area (Å²) in [5, 5.41) is 13.4. The van der Waals surface area contributed by atoms with Gasteiger partial charge in [-0.3, -0.25) is 4.79 Å². The third-order valence-corrected chi connectivity index (χ3v) is 8.19. The number of ether oxygens (including phenoxy) is 4. The maximum absolute atomic E-state index is 12.7. The molecule has 2 heterocycles. The second-order valence-corrected chi connectivity index (χ2v) is 11.3. The molecule has 0 radical (unpaired) electrons. The Balaban J connectivity index is 1.53. The van der Waals surface area contributed by atoms with E-state index in [0.29, 0.717) is 48.2 Å². The van der Waals surface area contributed by atoms with Crippen molar-refractivity contribution in [3.63, 3.8) is 0 Å². The standard InChI is InChI=1S/C34H47N7O7/c1-7-40(8-2)31(42)21-24-10-11-26(27(20-24)45-4)41(34(43)44)30-12-13-35-33(37-30)36-25-22-28(46-5)32(47-6)29(23-25)48-19-9-14-39-17-15-38(3)16-18-39/h10-13,20,22-23H,7-9,14-19,21H2,1-6H3,(H,43,44)(H,35,36,37). The van der Waals surface area contributed by atoms with Crippen molar-refractivity contribution in [2.75, 3.05) is 91.0 Å². The Morgan fingerprint density at radius 3 is 2.29 bits per heavy atom. The van der Waals surface area contributed by atoms with E-state index >= 15 is 0 Å². The molecule has 3 aromatic rings. The highest BCUT2D eigenvalue weighted by Crippen LogP contribution is 2.41. The minimum absolute atomic E-state index is 0.0224. The van der Waals surface area contributed by atoms with Crippen molar-refractivity contribution < 1.29 is 33.6 Å². The molecule has 1 aliphatic rings. The van der Waals surface area contributed by atoms with Crippen LogP contribution in [0.15, 0.2) is 42.6 Å². The quantitative estimate of drug-likeness (QED) is 0.208. The topological polar surface area (TPSA) is 142 Å². The number of likely N-dealkylation sites (N-methyl/N-ethyl adjacent to an activating group) is 2. The molecule has 14 nitrogen and oxygen atoms in total. The first-order valence-electron chi connectivity index (χ1n) is 16.1. The largest absolute Gasteiger partial charge is 0.495 e. The normalized spacial score (nSPS) is 13.5. The zero-order chi connectivity index (χ0) is 34.6. The lowest BCUT2D eigenvalue weighted by Crippen LogP contribution is -2.44. The number of carboxylic acid groups (broad SMARTS) is 1. The van der Waals surface area contributed by atoms with Crippen LogP contribution in [0, 0.1) is 0 Å². The molecule has 48 heavy (non-hydrogen) atoms. The second-order valence-electron chi connectivity index (χ2n) is 11.3. The number of anilines is 4. The van der Waals surface area contributed by atoms with E-state index in [2.05, 4.69) is 32.1 Å². The van der Waals surface area contributed by atoms with E-state index in [0.717, 1.165) is 44.0 Å². The number of hydrogen-bond acceptors (Lipinski definition) is 11. The summed E-state index contributed by atoms with van der Waals surface area (Å²) in [6, 6.07) is 9.97. The summed E-state index contributed by atoms with van der Waals surface area (Å²) in [4.78, 5) is 41.6. The molecule has 0 bridgehead atoms. The Bertz CT molecular complexity index is 1530. The number of aromatic nitrogens is 2. The van der Waals surface area contributed by atoms with Crippen molar-refractivity contribution in [3.05, 3.63) is 48.2 Å². The SMILES string of the molecule is CCN(CC)C(=O)Cc1ccc(N(C(=O)O)c2ccnc(Nc3cc(OC)c(OC)c(OCCCN4CCN(C)CC4)c3)n2)c(OC)c1. The van der Waals surface area contributed by atoms with Crippen molar-refractivity contribution in [1.82, 2.24) is 24.7 Å². The van der Waals surface area contributed by atoms with Crippen molar-refractivity contribution in [3.8, 4) is 23.0 Å². The predicted octanol–water partition coefficient (Wildman–Crippen LogP) is 4.49. The van der Waals surface area contributed by atoms with Gasteiger partial charge >= 0.3 is 6.09 Å². The Morgan fingerprint density at radius 1 is 0.938 bits per heavy atom. The van der Waals surface area contributed by atoms with E-state index in [1.54, 1.807) is 49.5 Å². The molecule has 0 unspecified atom stereocenters. The fourth-order valence-corrected chi connectivity index (χ4v) is 5.52. The Morgan fingerprint density at radius 2 is 1.65 bits per heavy atom. The highest BCUT2D eigenvalue weighted by Gasteiger charge is 2.24. The highest BCUT2D eigenvalue weighted by atomic mass is 16.5. The van der Waals surface area contributed by atoms with Crippen LogP contribution in [0.1, 0.15) is 25.8 Å². The first-order valence-corrected chi connectivity index (χ1v) is 16.1. The summed E-state index contributed by atoms with van der Waals surface area (Å²) in [5.74, 6) is 1.90. The number of carbonyl (C=O) groups excluding carboxylic acids is 1. The van der Waals surface area contributed by atoms with Gasteiger partial charge in [0.1, 0.15) is 11.6 Å². The number of nitrogens with one attached hydrogen (secondary N) is 1. The molecule has 1 saturated heterocycles. The number of benzene rings is 2. The third kappa shape index (κ3) is 9.16. The van der Waals surface area contributed by atoms with Crippen LogP contribution in [-0.4, -0.2) is 123 Å².